The maximum atomic E-state index is 12.5. The lowest BCUT2D eigenvalue weighted by atomic mass is 9.92. The summed E-state index contributed by atoms with van der Waals surface area (Å²) in [6.45, 7) is 3.96. The van der Waals surface area contributed by atoms with Crippen LogP contribution in [0.2, 0.25) is 0 Å². The van der Waals surface area contributed by atoms with E-state index in [0.717, 1.165) is 10.1 Å². The number of fused-ring (bicyclic) bond motifs is 1. The summed E-state index contributed by atoms with van der Waals surface area (Å²) in [6, 6.07) is 7.88. The molecule has 0 aliphatic rings. The Morgan fingerprint density at radius 1 is 1.35 bits per heavy atom. The van der Waals surface area contributed by atoms with E-state index in [-0.39, 0.29) is 5.91 Å². The van der Waals surface area contributed by atoms with Gasteiger partial charge in [0, 0.05) is 15.5 Å². The summed E-state index contributed by atoms with van der Waals surface area (Å²) >= 11 is 6.70. The van der Waals surface area contributed by atoms with Crippen LogP contribution in [0, 0.1) is 0 Å². The van der Waals surface area contributed by atoms with E-state index in [0.29, 0.717) is 23.4 Å². The summed E-state index contributed by atoms with van der Waals surface area (Å²) in [4.78, 5) is 12.9. The molecule has 0 bridgehead atoms. The summed E-state index contributed by atoms with van der Waals surface area (Å²) in [5.41, 5.74) is 5.91. The van der Waals surface area contributed by atoms with Crippen molar-refractivity contribution in [3.63, 3.8) is 0 Å². The number of nitrogens with two attached hydrogens (primary N) is 1. The zero-order valence-electron chi connectivity index (χ0n) is 11.6. The fourth-order valence-electron chi connectivity index (χ4n) is 2.28. The summed E-state index contributed by atoms with van der Waals surface area (Å²) in [7, 11) is 0. The number of hydrogen-bond acceptors (Lipinski definition) is 3. The molecular weight excluding hydrogens is 288 g/mol. The summed E-state index contributed by atoms with van der Waals surface area (Å²) in [6.07, 6.45) is 1.37. The number of nitrogens with one attached hydrogen (secondary N) is 1. The molecule has 0 aliphatic carbocycles. The van der Waals surface area contributed by atoms with Gasteiger partial charge in [-0.05, 0) is 18.9 Å². The van der Waals surface area contributed by atoms with E-state index >= 15 is 0 Å². The number of rotatable bonds is 5. The third-order valence-electron chi connectivity index (χ3n) is 3.76. The van der Waals surface area contributed by atoms with Crippen molar-refractivity contribution in [1.29, 1.82) is 0 Å². The lowest BCUT2D eigenvalue weighted by molar-refractivity contribution is 0.0922. The van der Waals surface area contributed by atoms with Gasteiger partial charge in [0.2, 0.25) is 0 Å². The minimum atomic E-state index is -0.602. The number of carbonyl (C=O) groups is 1. The van der Waals surface area contributed by atoms with Gasteiger partial charge in [-0.3, -0.25) is 4.79 Å². The standard InChI is InChI=1S/C15H18N2OS2/c1-3-15(4-2,14(16)19)17-13(18)11-9-20-12-8-6-5-7-10(11)12/h5-9H,3-4H2,1-2H3,(H2,16,19)(H,17,18). The molecule has 0 atom stereocenters. The topological polar surface area (TPSA) is 55.1 Å². The quantitative estimate of drug-likeness (QED) is 0.832. The van der Waals surface area contributed by atoms with Gasteiger partial charge in [-0.2, -0.15) is 0 Å². The second-order valence-corrected chi connectivity index (χ2v) is 6.10. The van der Waals surface area contributed by atoms with Crippen molar-refractivity contribution in [2.24, 2.45) is 5.73 Å². The smallest absolute Gasteiger partial charge is 0.253 e. The van der Waals surface area contributed by atoms with E-state index in [1.807, 2.05) is 43.5 Å². The Labute approximate surface area is 128 Å². The number of carbonyl (C=O) groups excluding carboxylic acids is 1. The molecule has 2 rings (SSSR count). The summed E-state index contributed by atoms with van der Waals surface area (Å²) in [5, 5.41) is 5.88. The zero-order chi connectivity index (χ0) is 14.8. The molecule has 3 nitrogen and oxygen atoms in total. The molecule has 1 heterocycles. The van der Waals surface area contributed by atoms with Crippen LogP contribution in [-0.4, -0.2) is 16.4 Å². The fraction of sp³-hybridized carbons (Fsp3) is 0.333. The monoisotopic (exact) mass is 306 g/mol. The van der Waals surface area contributed by atoms with Crippen LogP contribution >= 0.6 is 23.6 Å². The number of benzene rings is 1. The Hall–Kier alpha value is -1.46. The molecule has 2 aromatic rings. The Bertz CT molecular complexity index is 644. The van der Waals surface area contributed by atoms with Crippen LogP contribution in [-0.2, 0) is 0 Å². The van der Waals surface area contributed by atoms with Crippen LogP contribution in [0.3, 0.4) is 0 Å². The number of amides is 1. The molecule has 0 aliphatic heterocycles. The van der Waals surface area contributed by atoms with Crippen molar-refractivity contribution in [1.82, 2.24) is 5.32 Å². The van der Waals surface area contributed by atoms with Gasteiger partial charge >= 0.3 is 0 Å². The molecule has 3 N–H and O–H groups in total. The maximum absolute atomic E-state index is 12.5. The van der Waals surface area contributed by atoms with Crippen molar-refractivity contribution in [3.8, 4) is 0 Å². The molecular formula is C15H18N2OS2. The Kier molecular flexibility index (Phi) is 4.40. The van der Waals surface area contributed by atoms with Crippen LogP contribution in [0.1, 0.15) is 37.0 Å². The molecule has 0 saturated carbocycles. The third-order valence-corrected chi connectivity index (χ3v) is 5.11. The van der Waals surface area contributed by atoms with Crippen molar-refractivity contribution in [2.75, 3.05) is 0 Å². The van der Waals surface area contributed by atoms with Crippen molar-refractivity contribution < 1.29 is 4.79 Å². The molecule has 106 valence electrons. The average Bonchev–Trinajstić information content (AvgIpc) is 2.88. The lowest BCUT2D eigenvalue weighted by Gasteiger charge is -2.31. The van der Waals surface area contributed by atoms with Gasteiger partial charge in [0.25, 0.3) is 5.91 Å². The minimum Gasteiger partial charge on any atom is -0.391 e. The first-order valence-electron chi connectivity index (χ1n) is 6.62. The van der Waals surface area contributed by atoms with Crippen LogP contribution < -0.4 is 11.1 Å². The number of hydrogen-bond donors (Lipinski definition) is 2. The Balaban J connectivity index is 2.34. The second-order valence-electron chi connectivity index (χ2n) is 4.75. The van der Waals surface area contributed by atoms with Gasteiger partial charge in [0.15, 0.2) is 0 Å². The van der Waals surface area contributed by atoms with E-state index < -0.39 is 5.54 Å². The molecule has 0 radical (unpaired) electrons. The van der Waals surface area contributed by atoms with Crippen LogP contribution in [0.15, 0.2) is 29.6 Å². The normalized spacial score (nSPS) is 11.5. The first-order chi connectivity index (χ1) is 9.54. The van der Waals surface area contributed by atoms with E-state index in [1.165, 1.54) is 0 Å². The summed E-state index contributed by atoms with van der Waals surface area (Å²) in [5.74, 6) is -0.112. The highest BCUT2D eigenvalue weighted by Gasteiger charge is 2.32. The second kappa shape index (κ2) is 5.89. The van der Waals surface area contributed by atoms with Gasteiger partial charge < -0.3 is 11.1 Å². The molecule has 0 fully saturated rings. The molecule has 1 amide bonds. The molecule has 1 aromatic carbocycles. The zero-order valence-corrected chi connectivity index (χ0v) is 13.2. The lowest BCUT2D eigenvalue weighted by Crippen LogP contribution is -2.55. The average molecular weight is 306 g/mol. The third kappa shape index (κ3) is 2.55. The van der Waals surface area contributed by atoms with E-state index in [4.69, 9.17) is 18.0 Å². The molecule has 0 spiro atoms. The number of thiocarbonyl (C=S) groups is 1. The van der Waals surface area contributed by atoms with Crippen molar-refractivity contribution in [3.05, 3.63) is 35.2 Å². The molecule has 20 heavy (non-hydrogen) atoms. The van der Waals surface area contributed by atoms with Gasteiger partial charge in [0.1, 0.15) is 0 Å². The fourth-order valence-corrected chi connectivity index (χ4v) is 3.56. The predicted molar refractivity (Wildman–Crippen MR) is 89.4 cm³/mol. The van der Waals surface area contributed by atoms with E-state index in [9.17, 15) is 4.79 Å². The predicted octanol–water partition coefficient (Wildman–Crippen LogP) is 3.48. The molecule has 1 aromatic heterocycles. The maximum Gasteiger partial charge on any atom is 0.253 e. The van der Waals surface area contributed by atoms with Gasteiger partial charge in [-0.15, -0.1) is 11.3 Å². The Morgan fingerprint density at radius 2 is 2.00 bits per heavy atom. The first kappa shape index (κ1) is 14.9. The van der Waals surface area contributed by atoms with Gasteiger partial charge in [-0.1, -0.05) is 44.3 Å². The highest BCUT2D eigenvalue weighted by molar-refractivity contribution is 7.80. The van der Waals surface area contributed by atoms with Crippen LogP contribution in [0.5, 0.6) is 0 Å². The van der Waals surface area contributed by atoms with Crippen LogP contribution in [0.25, 0.3) is 10.1 Å². The largest absolute Gasteiger partial charge is 0.391 e. The minimum absolute atomic E-state index is 0.112. The van der Waals surface area contributed by atoms with Crippen molar-refractivity contribution in [2.45, 2.75) is 32.2 Å². The van der Waals surface area contributed by atoms with E-state index in [2.05, 4.69) is 5.32 Å². The molecule has 0 unspecified atom stereocenters. The first-order valence-corrected chi connectivity index (χ1v) is 7.91. The Morgan fingerprint density at radius 3 is 2.60 bits per heavy atom. The summed E-state index contributed by atoms with van der Waals surface area (Å²) < 4.78 is 1.10. The number of thiophene rings is 1. The molecule has 0 saturated heterocycles. The van der Waals surface area contributed by atoms with Crippen LogP contribution in [0.4, 0.5) is 0 Å². The van der Waals surface area contributed by atoms with E-state index in [1.54, 1.807) is 11.3 Å². The molecule has 5 heteroatoms. The van der Waals surface area contributed by atoms with Gasteiger partial charge in [0.05, 0.1) is 16.1 Å². The highest BCUT2D eigenvalue weighted by atomic mass is 32.1. The highest BCUT2D eigenvalue weighted by Crippen LogP contribution is 2.26. The van der Waals surface area contributed by atoms with Crippen molar-refractivity contribution >= 4 is 44.5 Å². The van der Waals surface area contributed by atoms with Gasteiger partial charge in [-0.25, -0.2) is 0 Å². The SMILES string of the molecule is CCC(CC)(NC(=O)c1csc2ccccc12)C(N)=S.